The van der Waals surface area contributed by atoms with Gasteiger partial charge in [-0.25, -0.2) is 0 Å². The van der Waals surface area contributed by atoms with Crippen LogP contribution in [0.5, 0.6) is 5.75 Å². The number of fused-ring (bicyclic) bond motifs is 2. The van der Waals surface area contributed by atoms with Crippen molar-refractivity contribution in [2.45, 2.75) is 6.92 Å². The molecule has 0 radical (unpaired) electrons. The average Bonchev–Trinajstić information content (AvgIpc) is 2.76. The molecule has 0 fully saturated rings. The Hall–Kier alpha value is -2.29. The first kappa shape index (κ1) is 9.90. The van der Waals surface area contributed by atoms with Gasteiger partial charge in [0.05, 0.1) is 6.26 Å². The largest absolute Gasteiger partial charge is 0.460 e. The summed E-state index contributed by atoms with van der Waals surface area (Å²) in [5.74, 6) is 0.148. The molecule has 0 atom stereocenters. The smallest absolute Gasteiger partial charge is 0.308 e. The molecule has 0 aliphatic rings. The Balaban J connectivity index is 2.43. The number of ether oxygens (including phenoxy) is 1. The molecule has 0 spiro atoms. The summed E-state index contributed by atoms with van der Waals surface area (Å²) in [6.45, 7) is 1.39. The molecule has 2 aromatic carbocycles. The number of esters is 1. The lowest BCUT2D eigenvalue weighted by molar-refractivity contribution is -0.131. The third-order valence-corrected chi connectivity index (χ3v) is 2.66. The van der Waals surface area contributed by atoms with Crippen LogP contribution in [0.15, 0.2) is 47.1 Å². The quantitative estimate of drug-likeness (QED) is 0.471. The molecule has 0 amide bonds. The highest BCUT2D eigenvalue weighted by atomic mass is 16.5. The maximum absolute atomic E-state index is 11.2. The zero-order valence-electron chi connectivity index (χ0n) is 9.27. The van der Waals surface area contributed by atoms with Crippen LogP contribution < -0.4 is 4.74 Å². The van der Waals surface area contributed by atoms with Crippen LogP contribution >= 0.6 is 0 Å². The predicted molar refractivity (Wildman–Crippen MR) is 65.0 cm³/mol. The number of hydrogen-bond acceptors (Lipinski definition) is 3. The van der Waals surface area contributed by atoms with Gasteiger partial charge in [0.15, 0.2) is 11.3 Å². The van der Waals surface area contributed by atoms with Crippen molar-refractivity contribution in [1.82, 2.24) is 0 Å². The first-order valence-electron chi connectivity index (χ1n) is 5.33. The number of furan rings is 1. The van der Waals surface area contributed by atoms with Gasteiger partial charge in [0.2, 0.25) is 0 Å². The molecule has 1 heterocycles. The maximum atomic E-state index is 11.2. The summed E-state index contributed by atoms with van der Waals surface area (Å²) in [6.07, 6.45) is 1.59. The van der Waals surface area contributed by atoms with E-state index in [2.05, 4.69) is 0 Å². The summed E-state index contributed by atoms with van der Waals surface area (Å²) in [5.41, 5.74) is 0.610. The highest BCUT2D eigenvalue weighted by molar-refractivity contribution is 6.04. The molecule has 0 N–H and O–H groups in total. The topological polar surface area (TPSA) is 39.4 Å². The number of carbonyl (C=O) groups excluding carboxylic acids is 1. The standard InChI is InChI=1S/C14H10O3/c1-9(15)17-14-12-5-3-2-4-10(12)8-11-6-7-16-13(11)14/h2-8H,1H3. The van der Waals surface area contributed by atoms with Gasteiger partial charge < -0.3 is 9.15 Å². The van der Waals surface area contributed by atoms with Crippen molar-refractivity contribution in [1.29, 1.82) is 0 Å². The predicted octanol–water partition coefficient (Wildman–Crippen LogP) is 3.51. The molecule has 84 valence electrons. The summed E-state index contributed by atoms with van der Waals surface area (Å²) in [4.78, 5) is 11.2. The summed E-state index contributed by atoms with van der Waals surface area (Å²) in [6, 6.07) is 11.6. The van der Waals surface area contributed by atoms with Gasteiger partial charge in [0.1, 0.15) is 0 Å². The van der Waals surface area contributed by atoms with Gasteiger partial charge >= 0.3 is 5.97 Å². The average molecular weight is 226 g/mol. The lowest BCUT2D eigenvalue weighted by atomic mass is 10.1. The normalized spacial score (nSPS) is 10.9. The van der Waals surface area contributed by atoms with Gasteiger partial charge in [-0.2, -0.15) is 0 Å². The first-order chi connectivity index (χ1) is 8.25. The SMILES string of the molecule is CC(=O)Oc1c2ccccc2cc2ccoc12. The van der Waals surface area contributed by atoms with E-state index in [1.807, 2.05) is 36.4 Å². The fourth-order valence-electron chi connectivity index (χ4n) is 1.98. The van der Waals surface area contributed by atoms with Gasteiger partial charge in [-0.05, 0) is 17.5 Å². The highest BCUT2D eigenvalue weighted by Crippen LogP contribution is 2.35. The second-order valence-corrected chi connectivity index (χ2v) is 3.86. The Kier molecular flexibility index (Phi) is 2.11. The highest BCUT2D eigenvalue weighted by Gasteiger charge is 2.12. The fourth-order valence-corrected chi connectivity index (χ4v) is 1.98. The minimum atomic E-state index is -0.348. The van der Waals surface area contributed by atoms with Crippen molar-refractivity contribution in [2.24, 2.45) is 0 Å². The molecule has 0 saturated carbocycles. The van der Waals surface area contributed by atoms with Crippen LogP contribution in [0.25, 0.3) is 21.7 Å². The molecule has 3 nitrogen and oxygen atoms in total. The lowest BCUT2D eigenvalue weighted by Crippen LogP contribution is -2.02. The van der Waals surface area contributed by atoms with Crippen LogP contribution in [-0.2, 0) is 4.79 Å². The first-order valence-corrected chi connectivity index (χ1v) is 5.33. The number of hydrogen-bond donors (Lipinski definition) is 0. The molecule has 1 aromatic heterocycles. The summed E-state index contributed by atoms with van der Waals surface area (Å²) >= 11 is 0. The van der Waals surface area contributed by atoms with Gasteiger partial charge in [-0.15, -0.1) is 0 Å². The molecule has 0 aliphatic heterocycles. The number of rotatable bonds is 1. The Morgan fingerprint density at radius 1 is 1.18 bits per heavy atom. The van der Waals surface area contributed by atoms with Gasteiger partial charge in [-0.3, -0.25) is 4.79 Å². The van der Waals surface area contributed by atoms with Crippen LogP contribution in [-0.4, -0.2) is 5.97 Å². The molecule has 0 bridgehead atoms. The minimum absolute atomic E-state index is 0.348. The van der Waals surface area contributed by atoms with Gasteiger partial charge in [0.25, 0.3) is 0 Å². The van der Waals surface area contributed by atoms with Crippen LogP contribution in [0, 0.1) is 0 Å². The van der Waals surface area contributed by atoms with Crippen LogP contribution in [0.3, 0.4) is 0 Å². The second-order valence-electron chi connectivity index (χ2n) is 3.86. The minimum Gasteiger partial charge on any atom is -0.460 e. The molecule has 17 heavy (non-hydrogen) atoms. The lowest BCUT2D eigenvalue weighted by Gasteiger charge is -2.06. The van der Waals surface area contributed by atoms with E-state index in [-0.39, 0.29) is 5.97 Å². The van der Waals surface area contributed by atoms with E-state index < -0.39 is 0 Å². The molecule has 0 aliphatic carbocycles. The number of carbonyl (C=O) groups is 1. The van der Waals surface area contributed by atoms with Gasteiger partial charge in [0, 0.05) is 17.7 Å². The molecule has 3 aromatic rings. The van der Waals surface area contributed by atoms with E-state index in [0.717, 1.165) is 16.2 Å². The van der Waals surface area contributed by atoms with Crippen molar-refractivity contribution >= 4 is 27.7 Å². The van der Waals surface area contributed by atoms with Crippen molar-refractivity contribution in [3.8, 4) is 5.75 Å². The Morgan fingerprint density at radius 2 is 2.00 bits per heavy atom. The van der Waals surface area contributed by atoms with E-state index >= 15 is 0 Å². The summed E-state index contributed by atoms with van der Waals surface area (Å²) in [7, 11) is 0. The number of benzene rings is 2. The molecule has 0 saturated heterocycles. The molecule has 3 rings (SSSR count). The van der Waals surface area contributed by atoms with Crippen molar-refractivity contribution in [3.05, 3.63) is 42.7 Å². The van der Waals surface area contributed by atoms with E-state index in [1.165, 1.54) is 6.92 Å². The molecule has 0 unspecified atom stereocenters. The Bertz CT molecular complexity index is 710. The van der Waals surface area contributed by atoms with Crippen molar-refractivity contribution < 1.29 is 13.9 Å². The van der Waals surface area contributed by atoms with Gasteiger partial charge in [-0.1, -0.05) is 24.3 Å². The monoisotopic (exact) mass is 226 g/mol. The third-order valence-electron chi connectivity index (χ3n) is 2.66. The summed E-state index contributed by atoms with van der Waals surface area (Å²) < 4.78 is 10.6. The van der Waals surface area contributed by atoms with Crippen LogP contribution in [0.4, 0.5) is 0 Å². The molecular weight excluding hydrogens is 216 g/mol. The van der Waals surface area contributed by atoms with Crippen LogP contribution in [0.2, 0.25) is 0 Å². The van der Waals surface area contributed by atoms with E-state index in [0.29, 0.717) is 11.3 Å². The van der Waals surface area contributed by atoms with E-state index in [4.69, 9.17) is 9.15 Å². The Morgan fingerprint density at radius 3 is 2.82 bits per heavy atom. The van der Waals surface area contributed by atoms with Crippen molar-refractivity contribution in [3.63, 3.8) is 0 Å². The molecular formula is C14H10O3. The van der Waals surface area contributed by atoms with Crippen molar-refractivity contribution in [2.75, 3.05) is 0 Å². The zero-order valence-corrected chi connectivity index (χ0v) is 9.27. The maximum Gasteiger partial charge on any atom is 0.308 e. The zero-order chi connectivity index (χ0) is 11.8. The Labute approximate surface area is 97.6 Å². The molecule has 3 heteroatoms. The third kappa shape index (κ3) is 1.56. The second kappa shape index (κ2) is 3.63. The summed E-state index contributed by atoms with van der Waals surface area (Å²) in [5, 5.41) is 2.84. The van der Waals surface area contributed by atoms with Crippen LogP contribution in [0.1, 0.15) is 6.92 Å². The van der Waals surface area contributed by atoms with E-state index in [9.17, 15) is 4.79 Å². The van der Waals surface area contributed by atoms with E-state index in [1.54, 1.807) is 6.26 Å². The fraction of sp³-hybridized carbons (Fsp3) is 0.0714.